The van der Waals surface area contributed by atoms with Gasteiger partial charge in [0.2, 0.25) is 10.0 Å². The zero-order chi connectivity index (χ0) is 25.4. The summed E-state index contributed by atoms with van der Waals surface area (Å²) in [6.07, 6.45) is -1.48. The first-order chi connectivity index (χ1) is 16.5. The molecule has 0 saturated carbocycles. The Kier molecular flexibility index (Phi) is 6.32. The second-order valence-corrected chi connectivity index (χ2v) is 9.77. The first-order valence-corrected chi connectivity index (χ1v) is 12.2. The second-order valence-electron chi connectivity index (χ2n) is 7.76. The Morgan fingerprint density at radius 3 is 2.57 bits per heavy atom. The number of benzene rings is 1. The fourth-order valence-corrected chi connectivity index (χ4v) is 4.16. The van der Waals surface area contributed by atoms with Gasteiger partial charge in [0, 0.05) is 42.5 Å². The Hall–Kier alpha value is -3.80. The van der Waals surface area contributed by atoms with E-state index in [9.17, 15) is 21.6 Å². The molecule has 0 radical (unpaired) electrons. The van der Waals surface area contributed by atoms with Crippen LogP contribution in [0.1, 0.15) is 11.1 Å². The molecular formula is C23H22F3N5O3S. The summed E-state index contributed by atoms with van der Waals surface area (Å²) < 4.78 is 72.1. The van der Waals surface area contributed by atoms with Crippen LogP contribution in [-0.2, 0) is 22.7 Å². The molecule has 8 nitrogen and oxygen atoms in total. The van der Waals surface area contributed by atoms with Crippen LogP contribution in [0.3, 0.4) is 0 Å². The van der Waals surface area contributed by atoms with Crippen molar-refractivity contribution in [2.45, 2.75) is 12.7 Å². The first-order valence-electron chi connectivity index (χ1n) is 10.3. The van der Waals surface area contributed by atoms with Crippen LogP contribution in [0.5, 0.6) is 5.75 Å². The summed E-state index contributed by atoms with van der Waals surface area (Å²) in [7, 11) is -0.786. The van der Waals surface area contributed by atoms with Gasteiger partial charge in [0.05, 0.1) is 30.3 Å². The third-order valence-electron chi connectivity index (χ3n) is 5.48. The van der Waals surface area contributed by atoms with E-state index < -0.39 is 21.8 Å². The van der Waals surface area contributed by atoms with E-state index in [1.54, 1.807) is 42.5 Å². The molecule has 4 rings (SSSR count). The van der Waals surface area contributed by atoms with Gasteiger partial charge in [-0.1, -0.05) is 18.2 Å². The van der Waals surface area contributed by atoms with Crippen LogP contribution < -0.4 is 14.4 Å². The Labute approximate surface area is 199 Å². The molecule has 2 N–H and O–H groups in total. The minimum atomic E-state index is -4.67. The quantitative estimate of drug-likeness (QED) is 0.379. The van der Waals surface area contributed by atoms with Gasteiger partial charge in [-0.25, -0.2) is 18.4 Å². The van der Waals surface area contributed by atoms with Crippen molar-refractivity contribution in [3.63, 3.8) is 0 Å². The number of para-hydroxylation sites is 1. The monoisotopic (exact) mass is 505 g/mol. The average molecular weight is 506 g/mol. The SMILES string of the molecule is COc1ccccc1-c1cc2c(NCc3cccnc3N(C)S(C)(=O)=O)c(C(F)(F)F)cnc2[nH]1. The lowest BCUT2D eigenvalue weighted by Gasteiger charge is -2.20. The zero-order valence-corrected chi connectivity index (χ0v) is 19.8. The Balaban J connectivity index is 1.80. The summed E-state index contributed by atoms with van der Waals surface area (Å²) in [6, 6.07) is 11.9. The van der Waals surface area contributed by atoms with E-state index in [2.05, 4.69) is 20.3 Å². The summed E-state index contributed by atoms with van der Waals surface area (Å²) in [5.41, 5.74) is 0.720. The molecule has 0 atom stereocenters. The molecule has 3 aromatic heterocycles. The minimum absolute atomic E-state index is 0.111. The Morgan fingerprint density at radius 1 is 1.14 bits per heavy atom. The summed E-state index contributed by atoms with van der Waals surface area (Å²) in [4.78, 5) is 11.1. The van der Waals surface area contributed by atoms with Gasteiger partial charge in [0.1, 0.15) is 17.2 Å². The lowest BCUT2D eigenvalue weighted by atomic mass is 10.1. The van der Waals surface area contributed by atoms with Crippen LogP contribution in [-0.4, -0.2) is 43.8 Å². The van der Waals surface area contributed by atoms with E-state index in [1.807, 2.05) is 0 Å². The first kappa shape index (κ1) is 24.3. The van der Waals surface area contributed by atoms with Crippen LogP contribution in [0.4, 0.5) is 24.7 Å². The van der Waals surface area contributed by atoms with Crippen LogP contribution in [0.25, 0.3) is 22.3 Å². The number of hydrogen-bond acceptors (Lipinski definition) is 6. The lowest BCUT2D eigenvalue weighted by Crippen LogP contribution is -2.27. The molecule has 4 aromatic rings. The predicted molar refractivity (Wildman–Crippen MR) is 128 cm³/mol. The van der Waals surface area contributed by atoms with Crippen molar-refractivity contribution in [3.05, 3.63) is 66.0 Å². The molecule has 0 aliphatic rings. The number of nitrogens with zero attached hydrogens (tertiary/aromatic N) is 3. The number of aromatic nitrogens is 3. The van der Waals surface area contributed by atoms with Crippen molar-refractivity contribution < 1.29 is 26.3 Å². The highest BCUT2D eigenvalue weighted by Gasteiger charge is 2.35. The van der Waals surface area contributed by atoms with Crippen LogP contribution in [0.15, 0.2) is 54.9 Å². The number of halogens is 3. The van der Waals surface area contributed by atoms with Gasteiger partial charge in [-0.2, -0.15) is 13.2 Å². The largest absolute Gasteiger partial charge is 0.496 e. The number of anilines is 2. The summed E-state index contributed by atoms with van der Waals surface area (Å²) in [5.74, 6) is 0.665. The van der Waals surface area contributed by atoms with Gasteiger partial charge in [-0.3, -0.25) is 4.31 Å². The smallest absolute Gasteiger partial charge is 0.419 e. The van der Waals surface area contributed by atoms with Gasteiger partial charge < -0.3 is 15.0 Å². The Bertz CT molecular complexity index is 1490. The fraction of sp³-hybridized carbons (Fsp3) is 0.217. The number of ether oxygens (including phenoxy) is 1. The van der Waals surface area contributed by atoms with E-state index in [1.165, 1.54) is 20.4 Å². The zero-order valence-electron chi connectivity index (χ0n) is 19.0. The van der Waals surface area contributed by atoms with E-state index in [0.29, 0.717) is 22.6 Å². The lowest BCUT2D eigenvalue weighted by molar-refractivity contribution is -0.137. The number of H-pyrrole nitrogens is 1. The van der Waals surface area contributed by atoms with Crippen LogP contribution >= 0.6 is 0 Å². The molecular weight excluding hydrogens is 483 g/mol. The van der Waals surface area contributed by atoms with E-state index in [4.69, 9.17) is 4.74 Å². The van der Waals surface area contributed by atoms with Crippen molar-refractivity contribution in [2.24, 2.45) is 0 Å². The summed E-state index contributed by atoms with van der Waals surface area (Å²) >= 11 is 0. The van der Waals surface area contributed by atoms with Gasteiger partial charge in [0.15, 0.2) is 0 Å². The number of alkyl halides is 3. The molecule has 0 bridgehead atoms. The second kappa shape index (κ2) is 9.10. The van der Waals surface area contributed by atoms with Crippen molar-refractivity contribution in [1.82, 2.24) is 15.0 Å². The normalized spacial score (nSPS) is 12.1. The van der Waals surface area contributed by atoms with Gasteiger partial charge in [-0.05, 0) is 24.3 Å². The number of sulfonamides is 1. The van der Waals surface area contributed by atoms with Crippen molar-refractivity contribution in [1.29, 1.82) is 0 Å². The molecule has 184 valence electrons. The molecule has 0 unspecified atom stereocenters. The molecule has 0 aliphatic heterocycles. The third kappa shape index (κ3) is 4.87. The molecule has 0 amide bonds. The topological polar surface area (TPSA) is 100 Å². The molecule has 3 heterocycles. The van der Waals surface area contributed by atoms with Crippen molar-refractivity contribution in [2.75, 3.05) is 30.0 Å². The fourth-order valence-electron chi connectivity index (χ4n) is 3.68. The van der Waals surface area contributed by atoms with Crippen LogP contribution in [0.2, 0.25) is 0 Å². The average Bonchev–Trinajstić information content (AvgIpc) is 3.25. The standard InChI is InChI=1S/C23H22F3N5O3S/c1-31(35(3,32)33)22-14(7-6-10-27-22)12-28-20-16-11-18(15-8-4-5-9-19(15)34-2)30-21(16)29-13-17(20)23(24,25)26/h4-11,13H,12H2,1-3H3,(H2,28,29,30). The Morgan fingerprint density at radius 2 is 1.89 bits per heavy atom. The maximum Gasteiger partial charge on any atom is 0.419 e. The van der Waals surface area contributed by atoms with Gasteiger partial charge in [0.25, 0.3) is 0 Å². The van der Waals surface area contributed by atoms with Crippen molar-refractivity contribution >= 4 is 32.6 Å². The van der Waals surface area contributed by atoms with Crippen LogP contribution in [0, 0.1) is 0 Å². The maximum atomic E-state index is 13.9. The highest BCUT2D eigenvalue weighted by atomic mass is 32.2. The van der Waals surface area contributed by atoms with E-state index in [-0.39, 0.29) is 29.1 Å². The van der Waals surface area contributed by atoms with Gasteiger partial charge >= 0.3 is 6.18 Å². The third-order valence-corrected chi connectivity index (χ3v) is 6.65. The number of methoxy groups -OCH3 is 1. The summed E-state index contributed by atoms with van der Waals surface area (Å²) in [6.45, 7) is -0.111. The number of pyridine rings is 2. The van der Waals surface area contributed by atoms with E-state index in [0.717, 1.165) is 16.8 Å². The predicted octanol–water partition coefficient (Wildman–Crippen LogP) is 4.66. The number of fused-ring (bicyclic) bond motifs is 1. The summed E-state index contributed by atoms with van der Waals surface area (Å²) in [5, 5.41) is 3.07. The number of hydrogen-bond donors (Lipinski definition) is 2. The molecule has 0 aliphatic carbocycles. The molecule has 1 aromatic carbocycles. The molecule has 0 saturated heterocycles. The highest BCUT2D eigenvalue weighted by molar-refractivity contribution is 7.92. The van der Waals surface area contributed by atoms with Gasteiger partial charge in [-0.15, -0.1) is 0 Å². The maximum absolute atomic E-state index is 13.9. The molecule has 0 spiro atoms. The number of aromatic amines is 1. The van der Waals surface area contributed by atoms with Crippen molar-refractivity contribution in [3.8, 4) is 17.0 Å². The highest BCUT2D eigenvalue weighted by Crippen LogP contribution is 2.40. The number of rotatable bonds is 7. The number of nitrogens with one attached hydrogen (secondary N) is 2. The minimum Gasteiger partial charge on any atom is -0.496 e. The van der Waals surface area contributed by atoms with E-state index >= 15 is 0 Å². The molecule has 12 heteroatoms. The molecule has 35 heavy (non-hydrogen) atoms. The molecule has 0 fully saturated rings.